The molecular weight excluding hydrogens is 158 g/mol. The first-order chi connectivity index (χ1) is 5.65. The molecule has 1 aliphatic rings. The van der Waals surface area contributed by atoms with E-state index in [1.54, 1.807) is 11.9 Å². The summed E-state index contributed by atoms with van der Waals surface area (Å²) in [4.78, 5) is 23.7. The molecule has 0 radical (unpaired) electrons. The lowest BCUT2D eigenvalue weighted by Crippen LogP contribution is -2.40. The van der Waals surface area contributed by atoms with Crippen molar-refractivity contribution in [3.8, 4) is 0 Å². The SMILES string of the molecule is COC(=O)C1CCC(=O)N(C)C1. The number of carbonyl (C=O) groups is 2. The molecule has 4 nitrogen and oxygen atoms in total. The van der Waals surface area contributed by atoms with E-state index < -0.39 is 0 Å². The number of esters is 1. The number of ether oxygens (including phenoxy) is 1. The van der Waals surface area contributed by atoms with E-state index in [-0.39, 0.29) is 17.8 Å². The summed E-state index contributed by atoms with van der Waals surface area (Å²) < 4.78 is 4.60. The number of hydrogen-bond acceptors (Lipinski definition) is 3. The molecule has 0 aromatic heterocycles. The summed E-state index contributed by atoms with van der Waals surface area (Å²) in [7, 11) is 3.08. The Balaban J connectivity index is 2.50. The van der Waals surface area contributed by atoms with Crippen molar-refractivity contribution in [2.75, 3.05) is 20.7 Å². The molecule has 0 saturated carbocycles. The van der Waals surface area contributed by atoms with Gasteiger partial charge in [0.1, 0.15) is 0 Å². The number of hydrogen-bond donors (Lipinski definition) is 0. The molecular formula is C8H13NO3. The second-order valence-corrected chi connectivity index (χ2v) is 3.03. The first-order valence-electron chi connectivity index (χ1n) is 3.97. The van der Waals surface area contributed by atoms with Crippen LogP contribution in [0.15, 0.2) is 0 Å². The number of amides is 1. The van der Waals surface area contributed by atoms with Crippen LogP contribution in [0.3, 0.4) is 0 Å². The lowest BCUT2D eigenvalue weighted by molar-refractivity contribution is -0.149. The molecule has 1 amide bonds. The number of piperidine rings is 1. The fourth-order valence-electron chi connectivity index (χ4n) is 1.37. The summed E-state index contributed by atoms with van der Waals surface area (Å²) in [6.07, 6.45) is 1.08. The van der Waals surface area contributed by atoms with Crippen molar-refractivity contribution >= 4 is 11.9 Å². The Kier molecular flexibility index (Phi) is 2.68. The molecule has 4 heteroatoms. The molecule has 0 spiro atoms. The van der Waals surface area contributed by atoms with Gasteiger partial charge in [0.25, 0.3) is 0 Å². The number of rotatable bonds is 1. The van der Waals surface area contributed by atoms with Gasteiger partial charge in [0, 0.05) is 20.0 Å². The highest BCUT2D eigenvalue weighted by atomic mass is 16.5. The molecule has 1 heterocycles. The van der Waals surface area contributed by atoms with Crippen LogP contribution in [0.4, 0.5) is 0 Å². The Bertz CT molecular complexity index is 202. The first kappa shape index (κ1) is 9.03. The molecule has 0 aliphatic carbocycles. The van der Waals surface area contributed by atoms with Crippen LogP contribution in [0, 0.1) is 5.92 Å². The van der Waals surface area contributed by atoms with Gasteiger partial charge >= 0.3 is 5.97 Å². The average molecular weight is 171 g/mol. The van der Waals surface area contributed by atoms with E-state index in [4.69, 9.17) is 0 Å². The van der Waals surface area contributed by atoms with E-state index in [0.717, 1.165) is 0 Å². The Morgan fingerprint density at radius 3 is 2.83 bits per heavy atom. The van der Waals surface area contributed by atoms with Gasteiger partial charge < -0.3 is 9.64 Å². The van der Waals surface area contributed by atoms with Gasteiger partial charge in [-0.25, -0.2) is 0 Å². The molecule has 1 fully saturated rings. The van der Waals surface area contributed by atoms with Gasteiger partial charge in [0.15, 0.2) is 0 Å². The Morgan fingerprint density at radius 2 is 2.33 bits per heavy atom. The van der Waals surface area contributed by atoms with E-state index in [2.05, 4.69) is 4.74 Å². The molecule has 0 bridgehead atoms. The zero-order valence-corrected chi connectivity index (χ0v) is 7.37. The quantitative estimate of drug-likeness (QED) is 0.523. The molecule has 1 rings (SSSR count). The fourth-order valence-corrected chi connectivity index (χ4v) is 1.37. The van der Waals surface area contributed by atoms with Gasteiger partial charge in [0.05, 0.1) is 13.0 Å². The summed E-state index contributed by atoms with van der Waals surface area (Å²) in [5.41, 5.74) is 0. The van der Waals surface area contributed by atoms with E-state index in [1.165, 1.54) is 7.11 Å². The summed E-state index contributed by atoms with van der Waals surface area (Å²) >= 11 is 0. The molecule has 0 N–H and O–H groups in total. The lowest BCUT2D eigenvalue weighted by atomic mass is 9.98. The van der Waals surface area contributed by atoms with Gasteiger partial charge in [-0.2, -0.15) is 0 Å². The normalized spacial score (nSPS) is 24.0. The van der Waals surface area contributed by atoms with Crippen molar-refractivity contribution in [1.82, 2.24) is 4.90 Å². The van der Waals surface area contributed by atoms with E-state index in [0.29, 0.717) is 19.4 Å². The third kappa shape index (κ3) is 1.75. The van der Waals surface area contributed by atoms with Crippen molar-refractivity contribution in [1.29, 1.82) is 0 Å². The second kappa shape index (κ2) is 3.56. The molecule has 1 atom stereocenters. The Hall–Kier alpha value is -1.06. The molecule has 1 aliphatic heterocycles. The van der Waals surface area contributed by atoms with Crippen molar-refractivity contribution in [3.63, 3.8) is 0 Å². The number of likely N-dealkylation sites (tertiary alicyclic amines) is 1. The van der Waals surface area contributed by atoms with Crippen molar-refractivity contribution in [2.24, 2.45) is 5.92 Å². The molecule has 1 saturated heterocycles. The van der Waals surface area contributed by atoms with E-state index in [9.17, 15) is 9.59 Å². The largest absolute Gasteiger partial charge is 0.469 e. The van der Waals surface area contributed by atoms with Crippen molar-refractivity contribution in [3.05, 3.63) is 0 Å². The van der Waals surface area contributed by atoms with Crippen LogP contribution in [0.25, 0.3) is 0 Å². The van der Waals surface area contributed by atoms with E-state index in [1.807, 2.05) is 0 Å². The van der Waals surface area contributed by atoms with Gasteiger partial charge in [-0.15, -0.1) is 0 Å². The minimum atomic E-state index is -0.214. The number of nitrogens with zero attached hydrogens (tertiary/aromatic N) is 1. The number of carbonyl (C=O) groups excluding carboxylic acids is 2. The minimum absolute atomic E-state index is 0.107. The minimum Gasteiger partial charge on any atom is -0.469 e. The van der Waals surface area contributed by atoms with Crippen molar-refractivity contribution in [2.45, 2.75) is 12.8 Å². The summed E-state index contributed by atoms with van der Waals surface area (Å²) in [5, 5.41) is 0. The van der Waals surface area contributed by atoms with Crippen LogP contribution in [-0.4, -0.2) is 37.5 Å². The fraction of sp³-hybridized carbons (Fsp3) is 0.750. The smallest absolute Gasteiger partial charge is 0.310 e. The average Bonchev–Trinajstić information content (AvgIpc) is 2.08. The van der Waals surface area contributed by atoms with Crippen LogP contribution in [0.1, 0.15) is 12.8 Å². The van der Waals surface area contributed by atoms with Crippen LogP contribution in [0.2, 0.25) is 0 Å². The Morgan fingerprint density at radius 1 is 1.67 bits per heavy atom. The zero-order chi connectivity index (χ0) is 9.14. The molecule has 68 valence electrons. The van der Waals surface area contributed by atoms with Gasteiger partial charge in [-0.1, -0.05) is 0 Å². The Labute approximate surface area is 71.5 Å². The molecule has 1 unspecified atom stereocenters. The molecule has 12 heavy (non-hydrogen) atoms. The van der Waals surface area contributed by atoms with Crippen LogP contribution in [-0.2, 0) is 14.3 Å². The highest BCUT2D eigenvalue weighted by Gasteiger charge is 2.28. The highest BCUT2D eigenvalue weighted by Crippen LogP contribution is 2.16. The monoisotopic (exact) mass is 171 g/mol. The molecule has 0 aromatic carbocycles. The molecule has 0 aromatic rings. The van der Waals surface area contributed by atoms with Crippen LogP contribution in [0.5, 0.6) is 0 Å². The third-order valence-electron chi connectivity index (χ3n) is 2.16. The van der Waals surface area contributed by atoms with Gasteiger partial charge in [-0.05, 0) is 6.42 Å². The second-order valence-electron chi connectivity index (χ2n) is 3.03. The van der Waals surface area contributed by atoms with Gasteiger partial charge in [0.2, 0.25) is 5.91 Å². The lowest BCUT2D eigenvalue weighted by Gasteiger charge is -2.27. The maximum Gasteiger partial charge on any atom is 0.310 e. The first-order valence-corrected chi connectivity index (χ1v) is 3.97. The van der Waals surface area contributed by atoms with Crippen LogP contribution >= 0.6 is 0 Å². The highest BCUT2D eigenvalue weighted by molar-refractivity contribution is 5.80. The summed E-state index contributed by atoms with van der Waals surface area (Å²) in [6.45, 7) is 0.492. The third-order valence-corrected chi connectivity index (χ3v) is 2.16. The maximum atomic E-state index is 11.1. The number of methoxy groups -OCH3 is 1. The maximum absolute atomic E-state index is 11.1. The van der Waals surface area contributed by atoms with Gasteiger partial charge in [-0.3, -0.25) is 9.59 Å². The predicted molar refractivity (Wildman–Crippen MR) is 42.4 cm³/mol. The van der Waals surface area contributed by atoms with E-state index >= 15 is 0 Å². The van der Waals surface area contributed by atoms with Crippen molar-refractivity contribution < 1.29 is 14.3 Å². The van der Waals surface area contributed by atoms with Crippen LogP contribution < -0.4 is 0 Å². The topological polar surface area (TPSA) is 46.6 Å². The predicted octanol–water partition coefficient (Wildman–Crippen LogP) is 0.0278. The summed E-state index contributed by atoms with van der Waals surface area (Å²) in [5.74, 6) is -0.234. The summed E-state index contributed by atoms with van der Waals surface area (Å²) in [6, 6.07) is 0. The standard InChI is InChI=1S/C8H13NO3/c1-9-5-6(8(11)12-2)3-4-7(9)10/h6H,3-5H2,1-2H3. The zero-order valence-electron chi connectivity index (χ0n) is 7.37.